The number of nitrogen functional groups attached to an aromatic ring is 1. The van der Waals surface area contributed by atoms with Crippen molar-refractivity contribution in [2.24, 2.45) is 0 Å². The number of hydrogen-bond acceptors (Lipinski definition) is 3. The molecule has 2 heterocycles. The summed E-state index contributed by atoms with van der Waals surface area (Å²) in [4.78, 5) is 22.4. The number of amides is 1. The molecular weight excluding hydrogens is 324 g/mol. The molecule has 132 valence electrons. The predicted molar refractivity (Wildman–Crippen MR) is 104 cm³/mol. The lowest BCUT2D eigenvalue weighted by molar-refractivity contribution is -0.128. The number of rotatable bonds is 5. The van der Waals surface area contributed by atoms with Crippen LogP contribution < -0.4 is 5.73 Å². The van der Waals surface area contributed by atoms with Crippen LogP contribution in [-0.2, 0) is 4.79 Å². The number of carbonyl (C=O) groups is 1. The molecule has 1 atom stereocenters. The maximum Gasteiger partial charge on any atom is 0.247 e. The van der Waals surface area contributed by atoms with Crippen LogP contribution in [0.25, 0.3) is 17.0 Å². The molecule has 5 heteroatoms. The maximum absolute atomic E-state index is 12.9. The number of nitrogens with zero attached hydrogens (tertiary/aromatic N) is 2. The largest absolute Gasteiger partial charge is 0.384 e. The number of anilines is 1. The van der Waals surface area contributed by atoms with Crippen molar-refractivity contribution in [2.45, 2.75) is 31.8 Å². The molecule has 4 rings (SSSR count). The minimum Gasteiger partial charge on any atom is -0.384 e. The van der Waals surface area contributed by atoms with Gasteiger partial charge in [-0.2, -0.15) is 0 Å². The number of benzene rings is 1. The summed E-state index contributed by atoms with van der Waals surface area (Å²) in [7, 11) is 0. The molecule has 1 unspecified atom stereocenters. The Bertz CT molecular complexity index is 921. The molecule has 2 aromatic heterocycles. The average Bonchev–Trinajstić information content (AvgIpc) is 3.38. The van der Waals surface area contributed by atoms with E-state index in [9.17, 15) is 4.79 Å². The molecule has 1 fully saturated rings. The van der Waals surface area contributed by atoms with Crippen LogP contribution in [0.5, 0.6) is 0 Å². The molecule has 0 radical (unpaired) electrons. The molecule has 0 bridgehead atoms. The number of para-hydroxylation sites is 1. The summed E-state index contributed by atoms with van der Waals surface area (Å²) in [6, 6.07) is 14.2. The minimum absolute atomic E-state index is 0.00315. The van der Waals surface area contributed by atoms with Gasteiger partial charge >= 0.3 is 0 Å². The summed E-state index contributed by atoms with van der Waals surface area (Å²) in [6.07, 6.45) is 7.22. The first-order chi connectivity index (χ1) is 12.6. The van der Waals surface area contributed by atoms with E-state index in [1.807, 2.05) is 23.1 Å². The topological polar surface area (TPSA) is 75.0 Å². The lowest BCUT2D eigenvalue weighted by Crippen LogP contribution is -2.34. The lowest BCUT2D eigenvalue weighted by atomic mass is 10.1. The SMILES string of the molecule is CC(c1cc2ccccc2[nH]1)N(C(=O)/C=C/c1ccc(N)nc1)C1CC1. The molecule has 1 amide bonds. The monoisotopic (exact) mass is 346 g/mol. The standard InChI is InChI=1S/C21H22N4O/c1-14(19-12-16-4-2-3-5-18(16)24-19)25(17-8-9-17)21(26)11-7-15-6-10-20(22)23-13-15/h2-7,10-14,17,24H,8-9H2,1H3,(H2,22,23)/b11-7+. The summed E-state index contributed by atoms with van der Waals surface area (Å²) < 4.78 is 0. The zero-order valence-corrected chi connectivity index (χ0v) is 14.7. The Morgan fingerprint density at radius 1 is 1.31 bits per heavy atom. The van der Waals surface area contributed by atoms with Gasteiger partial charge in [0.2, 0.25) is 5.91 Å². The fourth-order valence-corrected chi connectivity index (χ4v) is 3.28. The van der Waals surface area contributed by atoms with Gasteiger partial charge < -0.3 is 15.6 Å². The van der Waals surface area contributed by atoms with E-state index in [1.54, 1.807) is 24.4 Å². The summed E-state index contributed by atoms with van der Waals surface area (Å²) in [5.41, 5.74) is 8.63. The van der Waals surface area contributed by atoms with Crippen molar-refractivity contribution < 1.29 is 4.79 Å². The van der Waals surface area contributed by atoms with Crippen LogP contribution in [-0.4, -0.2) is 26.8 Å². The second-order valence-electron chi connectivity index (χ2n) is 6.81. The van der Waals surface area contributed by atoms with Crippen molar-refractivity contribution in [1.82, 2.24) is 14.9 Å². The van der Waals surface area contributed by atoms with E-state index in [2.05, 4.69) is 35.1 Å². The molecule has 0 spiro atoms. The molecule has 0 saturated heterocycles. The van der Waals surface area contributed by atoms with E-state index in [0.29, 0.717) is 11.9 Å². The zero-order valence-electron chi connectivity index (χ0n) is 14.7. The van der Waals surface area contributed by atoms with E-state index in [-0.39, 0.29) is 11.9 Å². The van der Waals surface area contributed by atoms with Crippen LogP contribution in [0.3, 0.4) is 0 Å². The van der Waals surface area contributed by atoms with E-state index in [0.717, 1.165) is 29.6 Å². The molecular formula is C21H22N4O. The number of nitrogens with one attached hydrogen (secondary N) is 1. The molecule has 1 saturated carbocycles. The smallest absolute Gasteiger partial charge is 0.247 e. The Labute approximate surface area is 152 Å². The molecule has 1 aliphatic carbocycles. The lowest BCUT2D eigenvalue weighted by Gasteiger charge is -2.27. The van der Waals surface area contributed by atoms with Crippen molar-refractivity contribution in [1.29, 1.82) is 0 Å². The number of aromatic nitrogens is 2. The number of carbonyl (C=O) groups excluding carboxylic acids is 1. The zero-order chi connectivity index (χ0) is 18.1. The Morgan fingerprint density at radius 2 is 2.12 bits per heavy atom. The van der Waals surface area contributed by atoms with Crippen LogP contribution >= 0.6 is 0 Å². The Kier molecular flexibility index (Phi) is 4.21. The summed E-state index contributed by atoms with van der Waals surface area (Å²) in [5.74, 6) is 0.496. The highest BCUT2D eigenvalue weighted by Gasteiger charge is 2.35. The van der Waals surface area contributed by atoms with Crippen molar-refractivity contribution in [2.75, 3.05) is 5.73 Å². The van der Waals surface area contributed by atoms with Gasteiger partial charge in [-0.15, -0.1) is 0 Å². The maximum atomic E-state index is 12.9. The molecule has 1 aromatic carbocycles. The van der Waals surface area contributed by atoms with E-state index < -0.39 is 0 Å². The van der Waals surface area contributed by atoms with Crippen LogP contribution in [0.2, 0.25) is 0 Å². The van der Waals surface area contributed by atoms with Gasteiger partial charge in [0.15, 0.2) is 0 Å². The van der Waals surface area contributed by atoms with Crippen molar-refractivity contribution in [3.05, 3.63) is 66.0 Å². The van der Waals surface area contributed by atoms with Crippen LogP contribution in [0.4, 0.5) is 5.82 Å². The van der Waals surface area contributed by atoms with Crippen LogP contribution in [0.15, 0.2) is 54.7 Å². The van der Waals surface area contributed by atoms with Gasteiger partial charge in [-0.25, -0.2) is 4.98 Å². The van der Waals surface area contributed by atoms with Gasteiger partial charge in [0.1, 0.15) is 5.82 Å². The van der Waals surface area contributed by atoms with Crippen LogP contribution in [0.1, 0.15) is 37.1 Å². The van der Waals surface area contributed by atoms with Gasteiger partial charge in [-0.1, -0.05) is 18.2 Å². The summed E-state index contributed by atoms with van der Waals surface area (Å²) in [6.45, 7) is 2.08. The summed E-state index contributed by atoms with van der Waals surface area (Å²) in [5, 5.41) is 1.17. The Morgan fingerprint density at radius 3 is 2.81 bits per heavy atom. The van der Waals surface area contributed by atoms with Crippen molar-refractivity contribution >= 4 is 28.7 Å². The van der Waals surface area contributed by atoms with Gasteiger partial charge in [0, 0.05) is 29.5 Å². The number of H-pyrrole nitrogens is 1. The minimum atomic E-state index is -0.00315. The molecule has 0 aliphatic heterocycles. The van der Waals surface area contributed by atoms with Gasteiger partial charge in [-0.05, 0) is 61.1 Å². The molecule has 26 heavy (non-hydrogen) atoms. The fraction of sp³-hybridized carbons (Fsp3) is 0.238. The quantitative estimate of drug-likeness (QED) is 0.688. The number of pyridine rings is 1. The molecule has 3 aromatic rings. The van der Waals surface area contributed by atoms with Gasteiger partial charge in [-0.3, -0.25) is 4.79 Å². The third-order valence-electron chi connectivity index (χ3n) is 4.84. The second kappa shape index (κ2) is 6.67. The molecule has 5 nitrogen and oxygen atoms in total. The third kappa shape index (κ3) is 3.33. The van der Waals surface area contributed by atoms with Gasteiger partial charge in [0.05, 0.1) is 6.04 Å². The summed E-state index contributed by atoms with van der Waals surface area (Å²) >= 11 is 0. The van der Waals surface area contributed by atoms with E-state index in [1.165, 1.54) is 5.39 Å². The second-order valence-corrected chi connectivity index (χ2v) is 6.81. The first-order valence-electron chi connectivity index (χ1n) is 8.91. The van der Waals surface area contributed by atoms with Crippen LogP contribution in [0, 0.1) is 0 Å². The van der Waals surface area contributed by atoms with E-state index in [4.69, 9.17) is 5.73 Å². The number of aromatic amines is 1. The van der Waals surface area contributed by atoms with Gasteiger partial charge in [0.25, 0.3) is 0 Å². The van der Waals surface area contributed by atoms with E-state index >= 15 is 0 Å². The average molecular weight is 346 g/mol. The Hall–Kier alpha value is -3.08. The third-order valence-corrected chi connectivity index (χ3v) is 4.84. The molecule has 1 aliphatic rings. The highest BCUT2D eigenvalue weighted by Crippen LogP contribution is 2.35. The first-order valence-corrected chi connectivity index (χ1v) is 8.91. The fourth-order valence-electron chi connectivity index (χ4n) is 3.28. The highest BCUT2D eigenvalue weighted by molar-refractivity contribution is 5.92. The van der Waals surface area contributed by atoms with Crippen molar-refractivity contribution in [3.63, 3.8) is 0 Å². The number of fused-ring (bicyclic) bond motifs is 1. The number of hydrogen-bond donors (Lipinski definition) is 2. The Balaban J connectivity index is 1.56. The normalized spacial score (nSPS) is 15.4. The first kappa shape index (κ1) is 16.4. The molecule has 3 N–H and O–H groups in total. The van der Waals surface area contributed by atoms with Crippen molar-refractivity contribution in [3.8, 4) is 0 Å². The number of nitrogens with two attached hydrogens (primary N) is 1. The predicted octanol–water partition coefficient (Wildman–Crippen LogP) is 3.91. The highest BCUT2D eigenvalue weighted by atomic mass is 16.2.